The molecular weight excluding hydrogens is 244 g/mol. The zero-order chi connectivity index (χ0) is 15.1. The van der Waals surface area contributed by atoms with E-state index in [1.807, 2.05) is 13.8 Å². The van der Waals surface area contributed by atoms with Gasteiger partial charge in [0.05, 0.1) is 17.3 Å². The molecule has 1 rings (SSSR count). The van der Waals surface area contributed by atoms with Crippen molar-refractivity contribution in [1.82, 2.24) is 0 Å². The minimum Gasteiger partial charge on any atom is -0.478 e. The number of carboxylic acids is 1. The molecule has 0 spiro atoms. The highest BCUT2D eigenvalue weighted by Gasteiger charge is 2.27. The fourth-order valence-corrected chi connectivity index (χ4v) is 1.41. The number of aromatic carboxylic acids is 1. The normalized spacial score (nSPS) is 14.0. The van der Waals surface area contributed by atoms with Crippen LogP contribution in [-0.2, 0) is 0 Å². The molecule has 0 aromatic heterocycles. The monoisotopic (exact) mass is 268 g/mol. The van der Waals surface area contributed by atoms with Gasteiger partial charge in [-0.15, -0.1) is 0 Å². The van der Waals surface area contributed by atoms with Gasteiger partial charge >= 0.3 is 5.97 Å². The summed E-state index contributed by atoms with van der Waals surface area (Å²) in [7, 11) is 0. The molecule has 0 bridgehead atoms. The highest BCUT2D eigenvalue weighted by molar-refractivity contribution is 5.87. The molecule has 0 amide bonds. The highest BCUT2D eigenvalue weighted by Crippen LogP contribution is 2.20. The lowest BCUT2D eigenvalue weighted by Crippen LogP contribution is -2.36. The topological polar surface area (TPSA) is 77.8 Å². The van der Waals surface area contributed by atoms with Gasteiger partial charge in [0.25, 0.3) is 0 Å². The summed E-state index contributed by atoms with van der Waals surface area (Å²) in [6, 6.07) is 8.30. The first-order valence-electron chi connectivity index (χ1n) is 6.38. The third-order valence-corrected chi connectivity index (χ3v) is 3.13. The first-order valence-corrected chi connectivity index (χ1v) is 6.38. The summed E-state index contributed by atoms with van der Waals surface area (Å²) in [5.41, 5.74) is -0.437. The number of carboxylic acid groups (broad SMARTS) is 1. The van der Waals surface area contributed by atoms with Crippen LogP contribution in [0.3, 0.4) is 0 Å². The maximum atomic E-state index is 10.2. The number of aliphatic hydroxyl groups is 2. The predicted octanol–water partition coefficient (Wildman–Crippen LogP) is 2.55. The molecule has 0 aliphatic rings. The van der Waals surface area contributed by atoms with E-state index in [1.54, 1.807) is 44.2 Å². The van der Waals surface area contributed by atoms with Gasteiger partial charge in [0.1, 0.15) is 0 Å². The van der Waals surface area contributed by atoms with Gasteiger partial charge in [-0.25, -0.2) is 4.79 Å². The summed E-state index contributed by atoms with van der Waals surface area (Å²) in [5.74, 6) is -0.937. The zero-order valence-corrected chi connectivity index (χ0v) is 12.0. The number of rotatable bonds is 4. The molecule has 0 radical (unpaired) electrons. The van der Waals surface area contributed by atoms with Crippen molar-refractivity contribution in [2.75, 3.05) is 0 Å². The number of benzene rings is 1. The van der Waals surface area contributed by atoms with Crippen molar-refractivity contribution >= 4 is 5.97 Å². The lowest BCUT2D eigenvalue weighted by Gasteiger charge is -2.29. The quantitative estimate of drug-likeness (QED) is 0.784. The molecule has 0 fully saturated rings. The summed E-state index contributed by atoms with van der Waals surface area (Å²) in [4.78, 5) is 10.2. The van der Waals surface area contributed by atoms with E-state index in [9.17, 15) is 15.0 Å². The maximum absolute atomic E-state index is 10.2. The molecule has 1 aromatic rings. The number of hydrogen-bond acceptors (Lipinski definition) is 3. The summed E-state index contributed by atoms with van der Waals surface area (Å²) in [5, 5.41) is 27.1. The molecule has 108 valence electrons. The molecule has 1 aromatic carbocycles. The van der Waals surface area contributed by atoms with Crippen molar-refractivity contribution in [2.45, 2.75) is 45.8 Å². The Balaban J connectivity index is 0.000000342. The molecule has 0 heterocycles. The van der Waals surface area contributed by atoms with Crippen molar-refractivity contribution in [2.24, 2.45) is 5.92 Å². The Kier molecular flexibility index (Phi) is 7.34. The molecule has 0 aliphatic heterocycles. The molecule has 0 saturated carbocycles. The van der Waals surface area contributed by atoms with E-state index in [0.717, 1.165) is 0 Å². The van der Waals surface area contributed by atoms with Crippen molar-refractivity contribution in [3.05, 3.63) is 35.9 Å². The first kappa shape index (κ1) is 17.6. The van der Waals surface area contributed by atoms with Crippen LogP contribution in [0.15, 0.2) is 30.3 Å². The lowest BCUT2D eigenvalue weighted by atomic mass is 9.87. The Morgan fingerprint density at radius 3 is 1.95 bits per heavy atom. The van der Waals surface area contributed by atoms with Gasteiger partial charge in [-0.3, -0.25) is 0 Å². The van der Waals surface area contributed by atoms with E-state index in [1.165, 1.54) is 0 Å². The van der Waals surface area contributed by atoms with Crippen LogP contribution in [-0.4, -0.2) is 33.0 Å². The summed E-state index contributed by atoms with van der Waals surface area (Å²) in [6.45, 7) is 7.20. The number of hydrogen-bond donors (Lipinski definition) is 3. The van der Waals surface area contributed by atoms with Crippen LogP contribution in [0.1, 0.15) is 44.5 Å². The van der Waals surface area contributed by atoms with Crippen LogP contribution in [0.2, 0.25) is 0 Å². The molecule has 0 saturated heterocycles. The van der Waals surface area contributed by atoms with Crippen LogP contribution >= 0.6 is 0 Å². The Morgan fingerprint density at radius 2 is 1.74 bits per heavy atom. The minimum absolute atomic E-state index is 0.0579. The van der Waals surface area contributed by atoms with Crippen LogP contribution < -0.4 is 0 Å². The van der Waals surface area contributed by atoms with E-state index in [0.29, 0.717) is 12.0 Å². The molecule has 2 unspecified atom stereocenters. The molecular formula is C15H24O4. The Hall–Kier alpha value is -1.39. The SMILES string of the molecule is CCC(O)C(C)C(C)(C)O.O=C(O)c1ccccc1. The molecule has 4 nitrogen and oxygen atoms in total. The second kappa shape index (κ2) is 7.92. The minimum atomic E-state index is -0.879. The third-order valence-electron chi connectivity index (χ3n) is 3.13. The van der Waals surface area contributed by atoms with Crippen LogP contribution in [0.4, 0.5) is 0 Å². The Morgan fingerprint density at radius 1 is 1.26 bits per heavy atom. The standard InChI is InChI=1S/C8H18O2.C7H6O2/c1-5-7(9)6(2)8(3,4)10;8-7(9)6-4-2-1-3-5-6/h6-7,9-10H,5H2,1-4H3;1-5H,(H,8,9). The summed E-state index contributed by atoms with van der Waals surface area (Å²) < 4.78 is 0. The van der Waals surface area contributed by atoms with Gasteiger partial charge in [-0.1, -0.05) is 32.0 Å². The van der Waals surface area contributed by atoms with Crippen molar-refractivity contribution in [3.8, 4) is 0 Å². The first-order chi connectivity index (χ1) is 8.70. The van der Waals surface area contributed by atoms with E-state index in [4.69, 9.17) is 5.11 Å². The highest BCUT2D eigenvalue weighted by atomic mass is 16.4. The largest absolute Gasteiger partial charge is 0.478 e. The van der Waals surface area contributed by atoms with Gasteiger partial charge < -0.3 is 15.3 Å². The average Bonchev–Trinajstić information content (AvgIpc) is 2.37. The van der Waals surface area contributed by atoms with E-state index < -0.39 is 11.6 Å². The second-order valence-electron chi connectivity index (χ2n) is 5.09. The maximum Gasteiger partial charge on any atom is 0.335 e. The third kappa shape index (κ3) is 6.94. The smallest absolute Gasteiger partial charge is 0.335 e. The molecule has 2 atom stereocenters. The lowest BCUT2D eigenvalue weighted by molar-refractivity contribution is -0.0386. The van der Waals surface area contributed by atoms with Gasteiger partial charge in [0.15, 0.2) is 0 Å². The van der Waals surface area contributed by atoms with E-state index in [-0.39, 0.29) is 12.0 Å². The molecule has 3 N–H and O–H groups in total. The van der Waals surface area contributed by atoms with Crippen molar-refractivity contribution in [1.29, 1.82) is 0 Å². The van der Waals surface area contributed by atoms with Crippen LogP contribution in [0.25, 0.3) is 0 Å². The van der Waals surface area contributed by atoms with Crippen LogP contribution in [0.5, 0.6) is 0 Å². The summed E-state index contributed by atoms with van der Waals surface area (Å²) in [6.07, 6.45) is 0.311. The molecule has 19 heavy (non-hydrogen) atoms. The second-order valence-corrected chi connectivity index (χ2v) is 5.09. The van der Waals surface area contributed by atoms with E-state index >= 15 is 0 Å². The Bertz CT molecular complexity index is 367. The van der Waals surface area contributed by atoms with Crippen molar-refractivity contribution < 1.29 is 20.1 Å². The van der Waals surface area contributed by atoms with Gasteiger partial charge in [0, 0.05) is 5.92 Å². The number of carbonyl (C=O) groups is 1. The predicted molar refractivity (Wildman–Crippen MR) is 75.2 cm³/mol. The zero-order valence-electron chi connectivity index (χ0n) is 12.0. The summed E-state index contributed by atoms with van der Waals surface area (Å²) >= 11 is 0. The molecule has 4 heteroatoms. The van der Waals surface area contributed by atoms with Crippen molar-refractivity contribution in [3.63, 3.8) is 0 Å². The van der Waals surface area contributed by atoms with Crippen LogP contribution in [0, 0.1) is 5.92 Å². The average molecular weight is 268 g/mol. The Labute approximate surface area is 114 Å². The number of aliphatic hydroxyl groups excluding tert-OH is 1. The van der Waals surface area contributed by atoms with Gasteiger partial charge in [0.2, 0.25) is 0 Å². The van der Waals surface area contributed by atoms with Gasteiger partial charge in [-0.05, 0) is 32.4 Å². The molecule has 0 aliphatic carbocycles. The van der Waals surface area contributed by atoms with E-state index in [2.05, 4.69) is 0 Å². The fourth-order valence-electron chi connectivity index (χ4n) is 1.41. The fraction of sp³-hybridized carbons (Fsp3) is 0.533. The van der Waals surface area contributed by atoms with Gasteiger partial charge in [-0.2, -0.15) is 0 Å².